The molecule has 2 heterocycles. The number of halogens is 2. The average Bonchev–Trinajstić information content (AvgIpc) is 3.21. The number of carbonyl (C=O) groups excluding carboxylic acids is 2. The quantitative estimate of drug-likeness (QED) is 0.733. The number of fused-ring (bicyclic) bond motifs is 4. The molecule has 30 heavy (non-hydrogen) atoms. The molecule has 0 saturated heterocycles. The van der Waals surface area contributed by atoms with Crippen LogP contribution in [-0.2, 0) is 21.7 Å². The molecule has 0 aliphatic carbocycles. The molecule has 2 aromatic rings. The van der Waals surface area contributed by atoms with Crippen LogP contribution in [0.1, 0.15) is 40.9 Å². The molecule has 0 saturated carbocycles. The number of nitrogens with zero attached hydrogens (tertiary/aromatic N) is 2. The maximum atomic E-state index is 13.8. The summed E-state index contributed by atoms with van der Waals surface area (Å²) in [6.07, 6.45) is 0. The van der Waals surface area contributed by atoms with Gasteiger partial charge in [-0.25, -0.2) is 0 Å². The molecule has 1 unspecified atom stereocenters. The first-order valence-corrected chi connectivity index (χ1v) is 10.2. The van der Waals surface area contributed by atoms with Crippen LogP contribution in [0.4, 0.5) is 5.69 Å². The molecule has 6 nitrogen and oxygen atoms in total. The Bertz CT molecular complexity index is 994. The number of anilines is 1. The highest BCUT2D eigenvalue weighted by Crippen LogP contribution is 2.54. The highest BCUT2D eigenvalue weighted by atomic mass is 35.5. The van der Waals surface area contributed by atoms with Gasteiger partial charge in [-0.3, -0.25) is 9.59 Å². The van der Waals surface area contributed by atoms with Crippen molar-refractivity contribution < 1.29 is 14.3 Å². The smallest absolute Gasteiger partial charge is 0.268 e. The molecule has 2 aliphatic rings. The second-order valence-electron chi connectivity index (χ2n) is 7.33. The van der Waals surface area contributed by atoms with Gasteiger partial charge in [0, 0.05) is 29.8 Å². The fraction of sp³-hybridized carbons (Fsp3) is 0.364. The van der Waals surface area contributed by atoms with Crippen LogP contribution in [-0.4, -0.2) is 42.9 Å². The van der Waals surface area contributed by atoms with Crippen molar-refractivity contribution in [3.8, 4) is 0 Å². The second-order valence-corrected chi connectivity index (χ2v) is 7.73. The predicted octanol–water partition coefficient (Wildman–Crippen LogP) is 3.32. The molecule has 0 radical (unpaired) electrons. The van der Waals surface area contributed by atoms with Gasteiger partial charge in [-0.05, 0) is 30.8 Å². The standard InChI is InChI=1S/C22H24ClN3O3.ClH/c1-3-25(4-2)9-10-26-18-12-15(20(24)27)11-17(23)19(18)22(21(26)28)16-8-6-5-7-14(16)13-29-22;/h5-8,11-12H,3-4,9-10,13H2,1-2H3,(H2,24,27);1H. The van der Waals surface area contributed by atoms with Gasteiger partial charge in [0.2, 0.25) is 11.5 Å². The van der Waals surface area contributed by atoms with Crippen molar-refractivity contribution in [1.29, 1.82) is 0 Å². The zero-order valence-electron chi connectivity index (χ0n) is 17.0. The second kappa shape index (κ2) is 8.55. The van der Waals surface area contributed by atoms with E-state index in [-0.39, 0.29) is 23.9 Å². The normalized spacial score (nSPS) is 19.2. The lowest BCUT2D eigenvalue weighted by Crippen LogP contribution is -2.44. The van der Waals surface area contributed by atoms with Crippen LogP contribution in [0.25, 0.3) is 0 Å². The largest absolute Gasteiger partial charge is 0.366 e. The molecule has 1 atom stereocenters. The average molecular weight is 450 g/mol. The topological polar surface area (TPSA) is 75.9 Å². The predicted molar refractivity (Wildman–Crippen MR) is 119 cm³/mol. The minimum atomic E-state index is -1.28. The summed E-state index contributed by atoms with van der Waals surface area (Å²) in [6.45, 7) is 7.45. The third-order valence-electron chi connectivity index (χ3n) is 5.92. The van der Waals surface area contributed by atoms with Crippen molar-refractivity contribution >= 4 is 41.5 Å². The summed E-state index contributed by atoms with van der Waals surface area (Å²) >= 11 is 6.63. The number of likely N-dealkylation sites (N-methyl/N-ethyl adjacent to an activating group) is 1. The Kier molecular flexibility index (Phi) is 6.43. The zero-order valence-corrected chi connectivity index (χ0v) is 18.6. The molecule has 4 rings (SSSR count). The third-order valence-corrected chi connectivity index (χ3v) is 6.22. The van der Waals surface area contributed by atoms with E-state index < -0.39 is 11.5 Å². The van der Waals surface area contributed by atoms with E-state index in [9.17, 15) is 9.59 Å². The van der Waals surface area contributed by atoms with Crippen LogP contribution in [0.5, 0.6) is 0 Å². The highest BCUT2D eigenvalue weighted by molar-refractivity contribution is 6.34. The number of primary amides is 1. The highest BCUT2D eigenvalue weighted by Gasteiger charge is 2.58. The number of hydrogen-bond donors (Lipinski definition) is 1. The van der Waals surface area contributed by atoms with E-state index in [2.05, 4.69) is 18.7 Å². The number of ether oxygens (including phenoxy) is 1. The molecule has 2 aromatic carbocycles. The van der Waals surface area contributed by atoms with Gasteiger partial charge in [0.15, 0.2) is 0 Å². The van der Waals surface area contributed by atoms with Crippen LogP contribution in [0, 0.1) is 0 Å². The summed E-state index contributed by atoms with van der Waals surface area (Å²) in [4.78, 5) is 29.5. The van der Waals surface area contributed by atoms with Gasteiger partial charge >= 0.3 is 0 Å². The van der Waals surface area contributed by atoms with Gasteiger partial charge < -0.3 is 20.3 Å². The van der Waals surface area contributed by atoms with Crippen LogP contribution in [0.3, 0.4) is 0 Å². The van der Waals surface area contributed by atoms with E-state index in [4.69, 9.17) is 22.1 Å². The van der Waals surface area contributed by atoms with Crippen LogP contribution in [0.15, 0.2) is 36.4 Å². The van der Waals surface area contributed by atoms with E-state index in [0.717, 1.165) is 24.2 Å². The summed E-state index contributed by atoms with van der Waals surface area (Å²) in [6, 6.07) is 10.9. The summed E-state index contributed by atoms with van der Waals surface area (Å²) < 4.78 is 6.18. The molecule has 2 N–H and O–H groups in total. The Morgan fingerprint density at radius 3 is 2.63 bits per heavy atom. The molecule has 160 valence electrons. The Hall–Kier alpha value is -2.12. The number of nitrogens with two attached hydrogens (primary N) is 1. The van der Waals surface area contributed by atoms with Crippen LogP contribution in [0.2, 0.25) is 5.02 Å². The van der Waals surface area contributed by atoms with Gasteiger partial charge in [-0.1, -0.05) is 49.7 Å². The maximum Gasteiger partial charge on any atom is 0.268 e. The van der Waals surface area contributed by atoms with Gasteiger partial charge in [0.05, 0.1) is 17.3 Å². The number of benzene rings is 2. The number of carbonyl (C=O) groups is 2. The fourth-order valence-electron chi connectivity index (χ4n) is 4.34. The van der Waals surface area contributed by atoms with Crippen molar-refractivity contribution in [2.24, 2.45) is 5.73 Å². The third kappa shape index (κ3) is 3.28. The van der Waals surface area contributed by atoms with Crippen molar-refractivity contribution in [1.82, 2.24) is 4.90 Å². The summed E-state index contributed by atoms with van der Waals surface area (Å²) in [5.41, 5.74) is 7.47. The first-order chi connectivity index (χ1) is 13.9. The fourth-order valence-corrected chi connectivity index (χ4v) is 4.69. The van der Waals surface area contributed by atoms with E-state index in [1.807, 2.05) is 24.3 Å². The van der Waals surface area contributed by atoms with Gasteiger partial charge in [0.25, 0.3) is 5.91 Å². The van der Waals surface area contributed by atoms with Crippen molar-refractivity contribution in [3.05, 3.63) is 63.7 Å². The lowest BCUT2D eigenvalue weighted by Gasteiger charge is -2.26. The minimum absolute atomic E-state index is 0. The Morgan fingerprint density at radius 1 is 1.27 bits per heavy atom. The molecular formula is C22H25Cl2N3O3. The molecule has 1 spiro atoms. The van der Waals surface area contributed by atoms with E-state index in [1.165, 1.54) is 6.07 Å². The van der Waals surface area contributed by atoms with Crippen LogP contribution < -0.4 is 10.6 Å². The first-order valence-electron chi connectivity index (χ1n) is 9.84. The summed E-state index contributed by atoms with van der Waals surface area (Å²) in [5, 5.41) is 0.312. The van der Waals surface area contributed by atoms with Crippen molar-refractivity contribution in [2.45, 2.75) is 26.1 Å². The monoisotopic (exact) mass is 449 g/mol. The Balaban J connectivity index is 0.00000256. The molecular weight excluding hydrogens is 425 g/mol. The van der Waals surface area contributed by atoms with Gasteiger partial charge in [0.1, 0.15) is 0 Å². The number of hydrogen-bond acceptors (Lipinski definition) is 4. The van der Waals surface area contributed by atoms with E-state index >= 15 is 0 Å². The van der Waals surface area contributed by atoms with Crippen molar-refractivity contribution in [3.63, 3.8) is 0 Å². The summed E-state index contributed by atoms with van der Waals surface area (Å²) in [7, 11) is 0. The van der Waals surface area contributed by atoms with E-state index in [0.29, 0.717) is 36.0 Å². The molecule has 8 heteroatoms. The zero-order chi connectivity index (χ0) is 20.8. The van der Waals surface area contributed by atoms with Gasteiger partial charge in [-0.15, -0.1) is 12.4 Å². The van der Waals surface area contributed by atoms with Crippen LogP contribution >= 0.6 is 24.0 Å². The van der Waals surface area contributed by atoms with Gasteiger partial charge in [-0.2, -0.15) is 0 Å². The number of rotatable bonds is 6. The lowest BCUT2D eigenvalue weighted by molar-refractivity contribution is -0.136. The molecule has 2 aliphatic heterocycles. The lowest BCUT2D eigenvalue weighted by atomic mass is 9.86. The minimum Gasteiger partial charge on any atom is -0.366 e. The number of amides is 2. The molecule has 0 fully saturated rings. The molecule has 0 aromatic heterocycles. The first kappa shape index (κ1) is 22.6. The maximum absolute atomic E-state index is 13.8. The SMILES string of the molecule is CCN(CC)CCN1C(=O)C2(OCc3ccccc32)c2c(Cl)cc(C(N)=O)cc21.Cl. The summed E-state index contributed by atoms with van der Waals surface area (Å²) in [5.74, 6) is -0.757. The van der Waals surface area contributed by atoms with E-state index in [1.54, 1.807) is 11.0 Å². The Labute approximate surface area is 187 Å². The van der Waals surface area contributed by atoms with Crippen molar-refractivity contribution in [2.75, 3.05) is 31.1 Å². The molecule has 2 amide bonds. The molecule has 0 bridgehead atoms. The Morgan fingerprint density at radius 2 is 1.97 bits per heavy atom.